The van der Waals surface area contributed by atoms with E-state index in [1.165, 1.54) is 0 Å². The Bertz CT molecular complexity index is 148. The summed E-state index contributed by atoms with van der Waals surface area (Å²) >= 11 is 0. The lowest BCUT2D eigenvalue weighted by molar-refractivity contribution is 0.0669. The van der Waals surface area contributed by atoms with Crippen LogP contribution in [-0.4, -0.2) is 48.5 Å². The molecule has 0 radical (unpaired) electrons. The fourth-order valence-electron chi connectivity index (χ4n) is 1.01. The summed E-state index contributed by atoms with van der Waals surface area (Å²) in [5.41, 5.74) is 0. The van der Waals surface area contributed by atoms with Gasteiger partial charge in [0.05, 0.1) is 0 Å². The number of carbonyl (C=O) groups is 1. The minimum Gasteiger partial charge on any atom is -0.465 e. The first-order valence-electron chi connectivity index (χ1n) is 3.51. The Morgan fingerprint density at radius 3 is 2.82 bits per heavy atom. The minimum absolute atomic E-state index is 0.377. The van der Waals surface area contributed by atoms with Crippen molar-refractivity contribution >= 4 is 6.09 Å². The van der Waals surface area contributed by atoms with E-state index in [-0.39, 0.29) is 0 Å². The van der Waals surface area contributed by atoms with Gasteiger partial charge in [-0.05, 0) is 0 Å². The van der Waals surface area contributed by atoms with Gasteiger partial charge in [-0.15, -0.1) is 0 Å². The van der Waals surface area contributed by atoms with E-state index >= 15 is 0 Å². The molecule has 0 spiro atoms. The number of amides is 1. The number of likely N-dealkylation sites (tertiary alicyclic amines) is 1. The number of hydrogen-bond donors (Lipinski definition) is 2. The van der Waals surface area contributed by atoms with Crippen molar-refractivity contribution in [2.45, 2.75) is 6.17 Å². The van der Waals surface area contributed by atoms with Gasteiger partial charge in [0.15, 0.2) is 0 Å². The number of hydrogen-bond acceptors (Lipinski definition) is 2. The van der Waals surface area contributed by atoms with Crippen molar-refractivity contribution in [3.63, 3.8) is 0 Å². The van der Waals surface area contributed by atoms with Crippen molar-refractivity contribution in [2.24, 2.45) is 0 Å². The summed E-state index contributed by atoms with van der Waals surface area (Å²) in [4.78, 5) is 11.8. The van der Waals surface area contributed by atoms with Crippen LogP contribution in [0.5, 0.6) is 0 Å². The topological polar surface area (TPSA) is 52.6 Å². The first-order chi connectivity index (χ1) is 5.18. The highest BCUT2D eigenvalue weighted by molar-refractivity contribution is 5.64. The van der Waals surface area contributed by atoms with Crippen LogP contribution < -0.4 is 5.32 Å². The summed E-state index contributed by atoms with van der Waals surface area (Å²) < 4.78 is 12.2. The maximum absolute atomic E-state index is 12.2. The van der Waals surface area contributed by atoms with Gasteiger partial charge in [-0.25, -0.2) is 9.18 Å². The monoisotopic (exact) mass is 162 g/mol. The molecule has 2 N–H and O–H groups in total. The quantitative estimate of drug-likeness (QED) is 0.609. The van der Waals surface area contributed by atoms with E-state index in [1.807, 2.05) is 4.90 Å². The number of halogens is 1. The Kier molecular flexibility index (Phi) is 2.64. The van der Waals surface area contributed by atoms with Crippen LogP contribution in [0.25, 0.3) is 0 Å². The zero-order valence-corrected chi connectivity index (χ0v) is 6.09. The highest BCUT2D eigenvalue weighted by Gasteiger charge is 2.25. The molecule has 1 fully saturated rings. The van der Waals surface area contributed by atoms with Crippen LogP contribution in [-0.2, 0) is 0 Å². The first kappa shape index (κ1) is 8.26. The molecule has 0 unspecified atom stereocenters. The largest absolute Gasteiger partial charge is 0.465 e. The lowest BCUT2D eigenvalue weighted by Gasteiger charge is -2.33. The van der Waals surface area contributed by atoms with E-state index in [1.54, 1.807) is 0 Å². The second-order valence-corrected chi connectivity index (χ2v) is 2.59. The molecule has 64 valence electrons. The Labute approximate surface area is 64.0 Å². The molecule has 0 aromatic carbocycles. The van der Waals surface area contributed by atoms with E-state index < -0.39 is 12.3 Å². The highest BCUT2D eigenvalue weighted by Crippen LogP contribution is 2.08. The molecule has 0 saturated carbocycles. The van der Waals surface area contributed by atoms with Gasteiger partial charge in [0, 0.05) is 26.2 Å². The molecular weight excluding hydrogens is 151 g/mol. The molecule has 0 aromatic rings. The average Bonchev–Trinajstić information content (AvgIpc) is 1.83. The van der Waals surface area contributed by atoms with E-state index in [0.29, 0.717) is 26.2 Å². The average molecular weight is 162 g/mol. The van der Waals surface area contributed by atoms with Crippen molar-refractivity contribution in [3.8, 4) is 0 Å². The molecule has 0 bridgehead atoms. The minimum atomic E-state index is -1.03. The Hall–Kier alpha value is -0.840. The zero-order valence-electron chi connectivity index (χ0n) is 6.09. The fraction of sp³-hybridized carbons (Fsp3) is 0.833. The van der Waals surface area contributed by atoms with Crippen LogP contribution in [0.4, 0.5) is 9.18 Å². The van der Waals surface area contributed by atoms with Crippen molar-refractivity contribution in [1.82, 2.24) is 10.2 Å². The van der Waals surface area contributed by atoms with Gasteiger partial charge in [0.1, 0.15) is 6.17 Å². The SMILES string of the molecule is O=C(O)NCCN1CC(F)C1. The molecular formula is C6H11FN2O2. The lowest BCUT2D eigenvalue weighted by atomic mass is 10.2. The molecule has 1 saturated heterocycles. The van der Waals surface area contributed by atoms with E-state index in [2.05, 4.69) is 5.32 Å². The Balaban J connectivity index is 1.92. The van der Waals surface area contributed by atoms with Gasteiger partial charge in [-0.1, -0.05) is 0 Å². The number of nitrogens with zero attached hydrogens (tertiary/aromatic N) is 1. The number of carboxylic acid groups (broad SMARTS) is 1. The van der Waals surface area contributed by atoms with Crippen LogP contribution in [0.1, 0.15) is 0 Å². The predicted octanol–water partition coefficient (Wildman–Crippen LogP) is -0.0923. The smallest absolute Gasteiger partial charge is 0.404 e. The Morgan fingerprint density at radius 2 is 2.36 bits per heavy atom. The van der Waals surface area contributed by atoms with Crippen molar-refractivity contribution in [3.05, 3.63) is 0 Å². The normalized spacial score (nSPS) is 19.4. The second-order valence-electron chi connectivity index (χ2n) is 2.59. The van der Waals surface area contributed by atoms with Gasteiger partial charge >= 0.3 is 6.09 Å². The van der Waals surface area contributed by atoms with Crippen molar-refractivity contribution in [2.75, 3.05) is 26.2 Å². The van der Waals surface area contributed by atoms with Gasteiger partial charge in [0.25, 0.3) is 0 Å². The maximum atomic E-state index is 12.2. The van der Waals surface area contributed by atoms with E-state index in [4.69, 9.17) is 5.11 Å². The second kappa shape index (κ2) is 3.52. The molecule has 5 heteroatoms. The van der Waals surface area contributed by atoms with Gasteiger partial charge < -0.3 is 10.4 Å². The standard InChI is InChI=1S/C6H11FN2O2/c7-5-3-9(4-5)2-1-8-6(10)11/h5,8H,1-4H2,(H,10,11). The maximum Gasteiger partial charge on any atom is 0.404 e. The molecule has 1 heterocycles. The lowest BCUT2D eigenvalue weighted by Crippen LogP contribution is -2.50. The summed E-state index contributed by atoms with van der Waals surface area (Å²) in [5.74, 6) is 0. The molecule has 1 aliphatic rings. The molecule has 1 rings (SSSR count). The van der Waals surface area contributed by atoms with Crippen LogP contribution in [0, 0.1) is 0 Å². The zero-order chi connectivity index (χ0) is 8.27. The van der Waals surface area contributed by atoms with Gasteiger partial charge in [0.2, 0.25) is 0 Å². The van der Waals surface area contributed by atoms with Crippen LogP contribution in [0.15, 0.2) is 0 Å². The summed E-state index contributed by atoms with van der Waals surface area (Å²) in [6.45, 7) is 1.87. The Morgan fingerprint density at radius 1 is 1.73 bits per heavy atom. The molecule has 4 nitrogen and oxygen atoms in total. The molecule has 1 aliphatic heterocycles. The van der Waals surface area contributed by atoms with Gasteiger partial charge in [-0.2, -0.15) is 0 Å². The fourth-order valence-corrected chi connectivity index (χ4v) is 1.01. The molecule has 0 aliphatic carbocycles. The third-order valence-corrected chi connectivity index (χ3v) is 1.62. The summed E-state index contributed by atoms with van der Waals surface area (Å²) in [6.07, 6.45) is -1.73. The molecule has 11 heavy (non-hydrogen) atoms. The van der Waals surface area contributed by atoms with Crippen LogP contribution in [0.2, 0.25) is 0 Å². The predicted molar refractivity (Wildman–Crippen MR) is 37.4 cm³/mol. The third-order valence-electron chi connectivity index (χ3n) is 1.62. The van der Waals surface area contributed by atoms with Gasteiger partial charge in [-0.3, -0.25) is 4.90 Å². The molecule has 1 amide bonds. The first-order valence-corrected chi connectivity index (χ1v) is 3.51. The number of alkyl halides is 1. The number of nitrogens with one attached hydrogen (secondary N) is 1. The highest BCUT2D eigenvalue weighted by atomic mass is 19.1. The molecule has 0 atom stereocenters. The summed E-state index contributed by atoms with van der Waals surface area (Å²) in [6, 6.07) is 0. The molecule has 0 aromatic heterocycles. The van der Waals surface area contributed by atoms with Crippen LogP contribution >= 0.6 is 0 Å². The third kappa shape index (κ3) is 2.71. The van der Waals surface area contributed by atoms with Crippen molar-refractivity contribution < 1.29 is 14.3 Å². The van der Waals surface area contributed by atoms with E-state index in [9.17, 15) is 9.18 Å². The van der Waals surface area contributed by atoms with E-state index in [0.717, 1.165) is 0 Å². The van der Waals surface area contributed by atoms with Crippen LogP contribution in [0.3, 0.4) is 0 Å². The van der Waals surface area contributed by atoms with Crippen molar-refractivity contribution in [1.29, 1.82) is 0 Å². The summed E-state index contributed by atoms with van der Waals surface area (Å²) in [5, 5.41) is 10.4. The summed E-state index contributed by atoms with van der Waals surface area (Å²) in [7, 11) is 0. The number of rotatable bonds is 3.